The molecule has 0 aromatic heterocycles. The molecular weight excluding hydrogens is 278 g/mol. The SMILES string of the molecule is CC(C)(C)NC(=O)/C(C#N)=C\c1ccc(OC(F)F)cc1. The van der Waals surface area contributed by atoms with E-state index in [4.69, 9.17) is 5.26 Å². The monoisotopic (exact) mass is 294 g/mol. The fourth-order valence-electron chi connectivity index (χ4n) is 1.47. The van der Waals surface area contributed by atoms with E-state index in [0.717, 1.165) is 0 Å². The van der Waals surface area contributed by atoms with Gasteiger partial charge in [0.05, 0.1) is 0 Å². The average Bonchev–Trinajstić information content (AvgIpc) is 2.35. The Morgan fingerprint density at radius 2 is 1.90 bits per heavy atom. The van der Waals surface area contributed by atoms with Crippen LogP contribution < -0.4 is 10.1 Å². The molecule has 0 saturated heterocycles. The first-order valence-electron chi connectivity index (χ1n) is 6.20. The molecule has 0 radical (unpaired) electrons. The molecule has 0 aliphatic rings. The number of rotatable bonds is 4. The van der Waals surface area contributed by atoms with Crippen LogP contribution in [-0.4, -0.2) is 18.1 Å². The number of benzene rings is 1. The fourth-order valence-corrected chi connectivity index (χ4v) is 1.47. The smallest absolute Gasteiger partial charge is 0.387 e. The number of carbonyl (C=O) groups is 1. The van der Waals surface area contributed by atoms with E-state index in [1.807, 2.05) is 6.07 Å². The largest absolute Gasteiger partial charge is 0.435 e. The van der Waals surface area contributed by atoms with Crippen molar-refractivity contribution in [3.8, 4) is 11.8 Å². The quantitative estimate of drug-likeness (QED) is 0.685. The maximum Gasteiger partial charge on any atom is 0.387 e. The lowest BCUT2D eigenvalue weighted by Gasteiger charge is -2.20. The van der Waals surface area contributed by atoms with Crippen molar-refractivity contribution in [1.82, 2.24) is 5.32 Å². The van der Waals surface area contributed by atoms with Crippen LogP contribution in [0, 0.1) is 11.3 Å². The van der Waals surface area contributed by atoms with Gasteiger partial charge in [0.15, 0.2) is 0 Å². The van der Waals surface area contributed by atoms with E-state index >= 15 is 0 Å². The van der Waals surface area contributed by atoms with E-state index in [-0.39, 0.29) is 11.3 Å². The molecule has 6 heteroatoms. The molecule has 21 heavy (non-hydrogen) atoms. The number of nitrogens with zero attached hydrogens (tertiary/aromatic N) is 1. The molecule has 0 aliphatic heterocycles. The van der Waals surface area contributed by atoms with Gasteiger partial charge in [0.2, 0.25) is 0 Å². The van der Waals surface area contributed by atoms with Crippen LogP contribution in [0.25, 0.3) is 6.08 Å². The van der Waals surface area contributed by atoms with Gasteiger partial charge < -0.3 is 10.1 Å². The molecule has 0 unspecified atom stereocenters. The van der Waals surface area contributed by atoms with Gasteiger partial charge in [-0.2, -0.15) is 14.0 Å². The fraction of sp³-hybridized carbons (Fsp3) is 0.333. The maximum atomic E-state index is 12.0. The van der Waals surface area contributed by atoms with Crippen LogP contribution in [0.5, 0.6) is 5.75 Å². The number of hydrogen-bond acceptors (Lipinski definition) is 3. The minimum Gasteiger partial charge on any atom is -0.435 e. The molecule has 0 aliphatic carbocycles. The van der Waals surface area contributed by atoms with E-state index in [9.17, 15) is 13.6 Å². The molecule has 1 N–H and O–H groups in total. The number of amides is 1. The van der Waals surface area contributed by atoms with Crippen molar-refractivity contribution in [1.29, 1.82) is 5.26 Å². The Balaban J connectivity index is 2.89. The van der Waals surface area contributed by atoms with Crippen LogP contribution in [0.1, 0.15) is 26.3 Å². The second kappa shape index (κ2) is 6.84. The van der Waals surface area contributed by atoms with Crippen molar-refractivity contribution in [3.05, 3.63) is 35.4 Å². The van der Waals surface area contributed by atoms with Crippen molar-refractivity contribution in [3.63, 3.8) is 0 Å². The third kappa shape index (κ3) is 6.04. The zero-order valence-electron chi connectivity index (χ0n) is 12.0. The number of carbonyl (C=O) groups excluding carboxylic acids is 1. The Hall–Kier alpha value is -2.42. The van der Waals surface area contributed by atoms with E-state index in [0.29, 0.717) is 5.56 Å². The van der Waals surface area contributed by atoms with E-state index in [1.165, 1.54) is 30.3 Å². The van der Waals surface area contributed by atoms with Gasteiger partial charge in [-0.1, -0.05) is 12.1 Å². The lowest BCUT2D eigenvalue weighted by molar-refractivity contribution is -0.118. The highest BCUT2D eigenvalue weighted by Crippen LogP contribution is 2.17. The number of nitrogens with one attached hydrogen (secondary N) is 1. The molecule has 112 valence electrons. The summed E-state index contributed by atoms with van der Waals surface area (Å²) in [6, 6.07) is 7.47. The minimum atomic E-state index is -2.89. The molecule has 0 fully saturated rings. The summed E-state index contributed by atoms with van der Waals surface area (Å²) in [5, 5.41) is 11.7. The van der Waals surface area contributed by atoms with Gasteiger partial charge >= 0.3 is 6.61 Å². The highest BCUT2D eigenvalue weighted by atomic mass is 19.3. The normalized spacial score (nSPS) is 12.0. The molecular formula is C15H16F2N2O2. The van der Waals surface area contributed by atoms with E-state index in [2.05, 4.69) is 10.1 Å². The summed E-state index contributed by atoms with van der Waals surface area (Å²) < 4.78 is 28.3. The van der Waals surface area contributed by atoms with Gasteiger partial charge in [-0.25, -0.2) is 0 Å². The Morgan fingerprint density at radius 1 is 1.33 bits per heavy atom. The van der Waals surface area contributed by atoms with Gasteiger partial charge in [-0.15, -0.1) is 0 Å². The lowest BCUT2D eigenvalue weighted by Crippen LogP contribution is -2.41. The van der Waals surface area contributed by atoms with Crippen molar-refractivity contribution < 1.29 is 18.3 Å². The van der Waals surface area contributed by atoms with Gasteiger partial charge in [0.1, 0.15) is 17.4 Å². The molecule has 1 rings (SSSR count). The van der Waals surface area contributed by atoms with Gasteiger partial charge in [-0.05, 0) is 44.5 Å². The number of halogens is 2. The van der Waals surface area contributed by atoms with Crippen LogP contribution in [0.2, 0.25) is 0 Å². The summed E-state index contributed by atoms with van der Waals surface area (Å²) in [6.07, 6.45) is 1.38. The number of hydrogen-bond donors (Lipinski definition) is 1. The first-order chi connectivity index (χ1) is 9.71. The van der Waals surface area contributed by atoms with Crippen LogP contribution in [0.3, 0.4) is 0 Å². The Labute approximate surface area is 122 Å². The molecule has 0 spiro atoms. The lowest BCUT2D eigenvalue weighted by atomic mass is 10.1. The molecule has 1 aromatic rings. The van der Waals surface area contributed by atoms with Crippen LogP contribution >= 0.6 is 0 Å². The molecule has 4 nitrogen and oxygen atoms in total. The zero-order valence-corrected chi connectivity index (χ0v) is 12.0. The average molecular weight is 294 g/mol. The van der Waals surface area contributed by atoms with Gasteiger partial charge in [0, 0.05) is 5.54 Å². The van der Waals surface area contributed by atoms with Crippen LogP contribution in [0.15, 0.2) is 29.8 Å². The third-order valence-corrected chi connectivity index (χ3v) is 2.27. The maximum absolute atomic E-state index is 12.0. The number of nitriles is 1. The molecule has 1 aromatic carbocycles. The van der Waals surface area contributed by atoms with Crippen molar-refractivity contribution in [2.45, 2.75) is 32.9 Å². The first kappa shape index (κ1) is 16.6. The second-order valence-electron chi connectivity index (χ2n) is 5.32. The molecule has 0 bridgehead atoms. The Kier molecular flexibility index (Phi) is 5.42. The van der Waals surface area contributed by atoms with Crippen molar-refractivity contribution in [2.75, 3.05) is 0 Å². The first-order valence-corrected chi connectivity index (χ1v) is 6.20. The summed E-state index contributed by atoms with van der Waals surface area (Å²) in [7, 11) is 0. The van der Waals surface area contributed by atoms with Crippen LogP contribution in [0.4, 0.5) is 8.78 Å². The summed E-state index contributed by atoms with van der Waals surface area (Å²) in [4.78, 5) is 11.9. The summed E-state index contributed by atoms with van der Waals surface area (Å²) in [5.74, 6) is -0.474. The highest BCUT2D eigenvalue weighted by molar-refractivity contribution is 6.02. The highest BCUT2D eigenvalue weighted by Gasteiger charge is 2.17. The molecule has 0 heterocycles. The summed E-state index contributed by atoms with van der Waals surface area (Å²) >= 11 is 0. The minimum absolute atomic E-state index is 0.0137. The third-order valence-electron chi connectivity index (χ3n) is 2.27. The topological polar surface area (TPSA) is 62.1 Å². The number of ether oxygens (including phenoxy) is 1. The number of alkyl halides is 2. The summed E-state index contributed by atoms with van der Waals surface area (Å²) in [6.45, 7) is 2.52. The Bertz CT molecular complexity index is 567. The zero-order chi connectivity index (χ0) is 16.0. The van der Waals surface area contributed by atoms with Crippen molar-refractivity contribution >= 4 is 12.0 Å². The predicted octanol–water partition coefficient (Wildman–Crippen LogP) is 3.11. The molecule has 0 atom stereocenters. The van der Waals surface area contributed by atoms with E-state index < -0.39 is 18.1 Å². The van der Waals surface area contributed by atoms with Crippen LogP contribution in [-0.2, 0) is 4.79 Å². The van der Waals surface area contributed by atoms with Gasteiger partial charge in [0.25, 0.3) is 5.91 Å². The predicted molar refractivity (Wildman–Crippen MR) is 74.6 cm³/mol. The van der Waals surface area contributed by atoms with Crippen molar-refractivity contribution in [2.24, 2.45) is 0 Å². The molecule has 0 saturated carbocycles. The summed E-state index contributed by atoms with van der Waals surface area (Å²) in [5.41, 5.74) is 0.0202. The standard InChI is InChI=1S/C15H16F2N2O2/c1-15(2,3)19-13(20)11(9-18)8-10-4-6-12(7-5-10)21-14(16)17/h4-8,14H,1-3H3,(H,19,20)/b11-8-. The van der Waals surface area contributed by atoms with Gasteiger partial charge in [-0.3, -0.25) is 4.79 Å². The Morgan fingerprint density at radius 3 is 2.33 bits per heavy atom. The molecule has 1 amide bonds. The second-order valence-corrected chi connectivity index (χ2v) is 5.32. The van der Waals surface area contributed by atoms with E-state index in [1.54, 1.807) is 20.8 Å².